The molecular weight excluding hydrogens is 569 g/mol. The molecule has 8 nitrogen and oxygen atoms in total. The second-order valence-corrected chi connectivity index (χ2v) is 13.8. The molecule has 220 valence electrons. The van der Waals surface area contributed by atoms with E-state index in [0.29, 0.717) is 23.8 Å². The molecule has 4 aromatic rings. The lowest BCUT2D eigenvalue weighted by Crippen LogP contribution is -2.39. The van der Waals surface area contributed by atoms with Gasteiger partial charge in [0.05, 0.1) is 34.0 Å². The first kappa shape index (κ1) is 28.8. The van der Waals surface area contributed by atoms with Crippen LogP contribution >= 0.6 is 11.3 Å². The van der Waals surface area contributed by atoms with Crippen molar-refractivity contribution in [2.45, 2.75) is 38.0 Å². The molecule has 0 N–H and O–H groups in total. The Hall–Kier alpha value is -3.31. The number of aryl methyl sites for hydroxylation is 3. The minimum Gasteiger partial charge on any atom is -0.379 e. The Balaban J connectivity index is 1.27. The Kier molecular flexibility index (Phi) is 8.31. The van der Waals surface area contributed by atoms with Crippen molar-refractivity contribution in [2.24, 2.45) is 0 Å². The fraction of sp³-hybridized carbons (Fsp3) is 0.375. The van der Waals surface area contributed by atoms with Gasteiger partial charge < -0.3 is 4.74 Å². The maximum Gasteiger partial charge on any atom is 0.264 e. The molecule has 0 unspecified atom stereocenters. The predicted molar refractivity (Wildman–Crippen MR) is 168 cm³/mol. The maximum atomic E-state index is 14.0. The van der Waals surface area contributed by atoms with Crippen LogP contribution in [-0.4, -0.2) is 70.1 Å². The quantitative estimate of drug-likeness (QED) is 0.267. The first-order valence-corrected chi connectivity index (χ1v) is 16.8. The molecular formula is C32H36N4O4S2. The Morgan fingerprint density at radius 1 is 1.00 bits per heavy atom. The summed E-state index contributed by atoms with van der Waals surface area (Å²) in [7, 11) is -3.76. The summed E-state index contributed by atoms with van der Waals surface area (Å²) < 4.78 is 35.3. The van der Waals surface area contributed by atoms with E-state index < -0.39 is 10.0 Å². The molecule has 0 aliphatic carbocycles. The van der Waals surface area contributed by atoms with E-state index in [1.54, 1.807) is 29.2 Å². The van der Waals surface area contributed by atoms with Gasteiger partial charge in [-0.05, 0) is 86.2 Å². The molecule has 6 rings (SSSR count). The summed E-state index contributed by atoms with van der Waals surface area (Å²) in [6, 6.07) is 18.2. The Labute approximate surface area is 251 Å². The number of amides is 1. The molecule has 1 saturated heterocycles. The van der Waals surface area contributed by atoms with Crippen molar-refractivity contribution in [2.75, 3.05) is 55.1 Å². The number of rotatable bonds is 8. The van der Waals surface area contributed by atoms with E-state index >= 15 is 0 Å². The summed E-state index contributed by atoms with van der Waals surface area (Å²) in [6.45, 7) is 9.20. The number of fused-ring (bicyclic) bond motifs is 2. The number of ether oxygens (including phenoxy) is 1. The third-order valence-corrected chi connectivity index (χ3v) is 11.1. The van der Waals surface area contributed by atoms with E-state index in [9.17, 15) is 13.2 Å². The van der Waals surface area contributed by atoms with Crippen molar-refractivity contribution < 1.29 is 17.9 Å². The van der Waals surface area contributed by atoms with Gasteiger partial charge in [-0.25, -0.2) is 13.4 Å². The largest absolute Gasteiger partial charge is 0.379 e. The maximum absolute atomic E-state index is 14.0. The molecule has 0 saturated carbocycles. The van der Waals surface area contributed by atoms with Crippen LogP contribution in [0.3, 0.4) is 0 Å². The molecule has 1 amide bonds. The summed E-state index contributed by atoms with van der Waals surface area (Å²) in [5.41, 5.74) is 5.41. The minimum atomic E-state index is -3.76. The lowest BCUT2D eigenvalue weighted by molar-refractivity contribution is 0.0376. The van der Waals surface area contributed by atoms with Gasteiger partial charge in [0.2, 0.25) is 0 Å². The second-order valence-electron chi connectivity index (χ2n) is 10.9. The molecule has 42 heavy (non-hydrogen) atoms. The first-order valence-electron chi connectivity index (χ1n) is 14.5. The molecule has 0 radical (unpaired) electrons. The smallest absolute Gasteiger partial charge is 0.264 e. The molecule has 0 spiro atoms. The summed E-state index contributed by atoms with van der Waals surface area (Å²) >= 11 is 1.51. The number of morpholine rings is 1. The number of sulfonamides is 1. The third-order valence-electron chi connectivity index (χ3n) is 8.27. The Bertz CT molecular complexity index is 1700. The highest BCUT2D eigenvalue weighted by Crippen LogP contribution is 2.34. The lowest BCUT2D eigenvalue weighted by atomic mass is 10.0. The predicted octanol–water partition coefficient (Wildman–Crippen LogP) is 5.42. The van der Waals surface area contributed by atoms with E-state index in [2.05, 4.69) is 30.9 Å². The zero-order valence-corrected chi connectivity index (χ0v) is 25.7. The lowest BCUT2D eigenvalue weighted by Gasteiger charge is -2.30. The second kappa shape index (κ2) is 12.1. The molecule has 2 aliphatic heterocycles. The standard InChI is InChI=1S/C32H36N4O4S2/c1-23-10-15-29-30(24(23)2)33-32(41-29)35(17-6-16-34-19-21-40-22-20-34)31(37)26-11-13-27(14-12-26)42(38,39)36-18-5-8-25-7-3-4-9-28(25)36/h3-4,7,9-15H,5-6,8,16-22H2,1-2H3. The number of carbonyl (C=O) groups is 1. The summed E-state index contributed by atoms with van der Waals surface area (Å²) in [5.74, 6) is -0.183. The fourth-order valence-corrected chi connectivity index (χ4v) is 8.28. The molecule has 0 atom stereocenters. The molecule has 0 bridgehead atoms. The molecule has 3 heterocycles. The number of benzene rings is 3. The molecule has 1 aromatic heterocycles. The number of carbonyl (C=O) groups excluding carboxylic acids is 1. The van der Waals surface area contributed by atoms with E-state index in [0.717, 1.165) is 84.7 Å². The van der Waals surface area contributed by atoms with E-state index in [1.165, 1.54) is 15.6 Å². The third kappa shape index (κ3) is 5.68. The SMILES string of the molecule is Cc1ccc2sc(N(CCCN3CCOCC3)C(=O)c3ccc(S(=O)(=O)N4CCCc5ccccc54)cc3)nc2c1C. The monoisotopic (exact) mass is 604 g/mol. The van der Waals surface area contributed by atoms with Crippen molar-refractivity contribution in [3.05, 3.63) is 82.9 Å². The van der Waals surface area contributed by atoms with Crippen LogP contribution < -0.4 is 9.21 Å². The van der Waals surface area contributed by atoms with Gasteiger partial charge in [0.15, 0.2) is 5.13 Å². The molecule has 2 aliphatic rings. The van der Waals surface area contributed by atoms with Gasteiger partial charge in [-0.15, -0.1) is 0 Å². The van der Waals surface area contributed by atoms with Gasteiger partial charge in [-0.1, -0.05) is 35.6 Å². The van der Waals surface area contributed by atoms with Crippen LogP contribution in [0.4, 0.5) is 10.8 Å². The minimum absolute atomic E-state index is 0.181. The van der Waals surface area contributed by atoms with Crippen molar-refractivity contribution >= 4 is 48.3 Å². The number of para-hydroxylation sites is 1. The molecule has 10 heteroatoms. The van der Waals surface area contributed by atoms with Gasteiger partial charge in [0.1, 0.15) is 0 Å². The topological polar surface area (TPSA) is 83.0 Å². The van der Waals surface area contributed by atoms with Gasteiger partial charge >= 0.3 is 0 Å². The van der Waals surface area contributed by atoms with Gasteiger partial charge in [0, 0.05) is 38.3 Å². The number of thiazole rings is 1. The Morgan fingerprint density at radius 2 is 1.76 bits per heavy atom. The summed E-state index contributed by atoms with van der Waals surface area (Å²) in [4.78, 5) is 23.2. The number of hydrogen-bond acceptors (Lipinski definition) is 7. The zero-order chi connectivity index (χ0) is 29.3. The highest BCUT2D eigenvalue weighted by atomic mass is 32.2. The van der Waals surface area contributed by atoms with Crippen molar-refractivity contribution in [1.82, 2.24) is 9.88 Å². The highest BCUT2D eigenvalue weighted by molar-refractivity contribution is 7.92. The summed E-state index contributed by atoms with van der Waals surface area (Å²) in [6.07, 6.45) is 2.43. The van der Waals surface area contributed by atoms with Crippen LogP contribution in [0.1, 0.15) is 39.9 Å². The normalized spacial score (nSPS) is 16.0. The van der Waals surface area contributed by atoms with E-state index in [1.807, 2.05) is 24.3 Å². The highest BCUT2D eigenvalue weighted by Gasteiger charge is 2.29. The van der Waals surface area contributed by atoms with Crippen LogP contribution in [0.2, 0.25) is 0 Å². The van der Waals surface area contributed by atoms with E-state index in [4.69, 9.17) is 9.72 Å². The van der Waals surface area contributed by atoms with Gasteiger partial charge in [-0.3, -0.25) is 18.9 Å². The first-order chi connectivity index (χ1) is 20.3. The van der Waals surface area contributed by atoms with Crippen LogP contribution in [0.25, 0.3) is 10.2 Å². The van der Waals surface area contributed by atoms with Crippen LogP contribution in [0.15, 0.2) is 65.6 Å². The average Bonchev–Trinajstić information content (AvgIpc) is 3.46. The van der Waals surface area contributed by atoms with Crippen molar-refractivity contribution in [3.63, 3.8) is 0 Å². The average molecular weight is 605 g/mol. The van der Waals surface area contributed by atoms with Crippen LogP contribution in [-0.2, 0) is 21.2 Å². The van der Waals surface area contributed by atoms with Gasteiger partial charge in [0.25, 0.3) is 15.9 Å². The number of aromatic nitrogens is 1. The number of nitrogens with zero attached hydrogens (tertiary/aromatic N) is 4. The van der Waals surface area contributed by atoms with Crippen LogP contribution in [0, 0.1) is 13.8 Å². The van der Waals surface area contributed by atoms with E-state index in [-0.39, 0.29) is 10.8 Å². The number of hydrogen-bond donors (Lipinski definition) is 0. The fourth-order valence-electron chi connectivity index (χ4n) is 5.69. The van der Waals surface area contributed by atoms with Gasteiger partial charge in [-0.2, -0.15) is 0 Å². The van der Waals surface area contributed by atoms with Crippen molar-refractivity contribution in [3.8, 4) is 0 Å². The van der Waals surface area contributed by atoms with Crippen LogP contribution in [0.5, 0.6) is 0 Å². The van der Waals surface area contributed by atoms with Crippen molar-refractivity contribution in [1.29, 1.82) is 0 Å². The molecule has 3 aromatic carbocycles. The number of anilines is 2. The zero-order valence-electron chi connectivity index (χ0n) is 24.1. The summed E-state index contributed by atoms with van der Waals surface area (Å²) in [5, 5.41) is 0.660. The molecule has 1 fully saturated rings. The Morgan fingerprint density at radius 3 is 2.55 bits per heavy atom.